The van der Waals surface area contributed by atoms with E-state index in [4.69, 9.17) is 4.98 Å². The van der Waals surface area contributed by atoms with Gasteiger partial charge in [-0.25, -0.2) is 4.98 Å². The molecular formula is C25H36ClN3. The molecule has 0 radical (unpaired) electrons. The molecule has 3 nitrogen and oxygen atoms in total. The molecule has 29 heavy (non-hydrogen) atoms. The van der Waals surface area contributed by atoms with Gasteiger partial charge in [-0.15, -0.1) is 12.4 Å². The Labute approximate surface area is 182 Å². The molecule has 1 N–H and O–H groups in total. The first-order chi connectivity index (χ1) is 13.8. The highest BCUT2D eigenvalue weighted by Crippen LogP contribution is 2.30. The maximum atomic E-state index is 4.82. The number of rotatable bonds is 12. The average Bonchev–Trinajstić information content (AvgIpc) is 2.74. The molecule has 0 saturated heterocycles. The quantitative estimate of drug-likeness (QED) is 0.258. The molecule has 0 bridgehead atoms. The number of hydrogen-bond acceptors (Lipinski definition) is 3. The Morgan fingerprint density at radius 1 is 0.724 bits per heavy atom. The smallest absolute Gasteiger partial charge is 0.0730 e. The summed E-state index contributed by atoms with van der Waals surface area (Å²) >= 11 is 0. The summed E-state index contributed by atoms with van der Waals surface area (Å²) in [5.41, 5.74) is 3.36. The van der Waals surface area contributed by atoms with Crippen LogP contribution in [0.1, 0.15) is 52.4 Å². The third kappa shape index (κ3) is 6.58. The van der Waals surface area contributed by atoms with Gasteiger partial charge in [0.25, 0.3) is 0 Å². The number of nitrogens with one attached hydrogen (secondary N) is 1. The average molecular weight is 414 g/mol. The van der Waals surface area contributed by atoms with E-state index in [0.29, 0.717) is 0 Å². The fourth-order valence-electron chi connectivity index (χ4n) is 3.80. The van der Waals surface area contributed by atoms with Crippen molar-refractivity contribution < 1.29 is 0 Å². The summed E-state index contributed by atoms with van der Waals surface area (Å²) in [5.74, 6) is 0. The van der Waals surface area contributed by atoms with Crippen LogP contribution in [-0.2, 0) is 0 Å². The lowest BCUT2D eigenvalue weighted by Gasteiger charge is -2.22. The van der Waals surface area contributed by atoms with Crippen LogP contribution < -0.4 is 5.32 Å². The molecule has 0 aliphatic carbocycles. The van der Waals surface area contributed by atoms with Gasteiger partial charge < -0.3 is 10.2 Å². The monoisotopic (exact) mass is 413 g/mol. The number of benzene rings is 2. The summed E-state index contributed by atoms with van der Waals surface area (Å²) in [7, 11) is 0. The van der Waals surface area contributed by atoms with Crippen LogP contribution in [-0.4, -0.2) is 36.1 Å². The minimum absolute atomic E-state index is 0. The summed E-state index contributed by atoms with van der Waals surface area (Å²) < 4.78 is 0. The zero-order valence-corrected chi connectivity index (χ0v) is 18.8. The second-order valence-electron chi connectivity index (χ2n) is 7.70. The van der Waals surface area contributed by atoms with Crippen LogP contribution in [0.3, 0.4) is 0 Å². The number of unbranched alkanes of at least 4 members (excludes halogenated alkanes) is 3. The van der Waals surface area contributed by atoms with Crippen molar-refractivity contribution in [3.63, 3.8) is 0 Å². The van der Waals surface area contributed by atoms with Crippen LogP contribution >= 0.6 is 12.4 Å². The number of pyridine rings is 1. The molecule has 0 unspecified atom stereocenters. The molecule has 0 fully saturated rings. The van der Waals surface area contributed by atoms with Gasteiger partial charge in [0, 0.05) is 17.3 Å². The van der Waals surface area contributed by atoms with E-state index in [-0.39, 0.29) is 12.4 Å². The molecule has 0 aliphatic heterocycles. The zero-order chi connectivity index (χ0) is 19.6. The Hall–Kier alpha value is -1.84. The molecule has 1 aromatic heterocycles. The fraction of sp³-hybridized carbons (Fsp3) is 0.480. The van der Waals surface area contributed by atoms with Crippen molar-refractivity contribution in [2.45, 2.75) is 52.4 Å². The fourth-order valence-corrected chi connectivity index (χ4v) is 3.80. The van der Waals surface area contributed by atoms with Gasteiger partial charge in [-0.1, -0.05) is 63.1 Å². The highest BCUT2D eigenvalue weighted by atomic mass is 35.5. The number of para-hydroxylation sites is 2. The molecule has 0 amide bonds. The molecule has 0 spiro atoms. The van der Waals surface area contributed by atoms with E-state index in [0.717, 1.165) is 17.6 Å². The number of anilines is 1. The number of halogens is 1. The van der Waals surface area contributed by atoms with E-state index in [1.807, 2.05) is 0 Å². The molecule has 0 aliphatic rings. The minimum atomic E-state index is 0. The zero-order valence-electron chi connectivity index (χ0n) is 18.0. The number of fused-ring (bicyclic) bond motifs is 2. The lowest BCUT2D eigenvalue weighted by atomic mass is 10.1. The van der Waals surface area contributed by atoms with Crippen molar-refractivity contribution in [1.82, 2.24) is 9.88 Å². The molecule has 2 aromatic carbocycles. The van der Waals surface area contributed by atoms with E-state index in [9.17, 15) is 0 Å². The largest absolute Gasteiger partial charge is 0.384 e. The molecule has 158 valence electrons. The van der Waals surface area contributed by atoms with Gasteiger partial charge in [0.1, 0.15) is 0 Å². The van der Waals surface area contributed by atoms with Crippen molar-refractivity contribution >= 4 is 39.9 Å². The van der Waals surface area contributed by atoms with Gasteiger partial charge in [0.15, 0.2) is 0 Å². The normalized spacial score (nSPS) is 11.1. The predicted octanol–water partition coefficient (Wildman–Crippen LogP) is 6.90. The summed E-state index contributed by atoms with van der Waals surface area (Å²) in [5, 5.41) is 6.17. The predicted molar refractivity (Wildman–Crippen MR) is 130 cm³/mol. The Morgan fingerprint density at radius 2 is 1.24 bits per heavy atom. The van der Waals surface area contributed by atoms with Crippen molar-refractivity contribution in [3.05, 3.63) is 48.5 Å². The molecule has 3 rings (SSSR count). The standard InChI is InChI=1S/C25H35N3.ClH/c1-3-5-18-28(19-6-4-2)20-12-11-17-26-25-21-13-7-9-15-23(21)27-24-16-10-8-14-22(24)25;/h7-10,13-16H,3-6,11-12,17-20H2,1-2H3,(H,26,27);1H. The van der Waals surface area contributed by atoms with Crippen LogP contribution in [0.15, 0.2) is 48.5 Å². The second kappa shape index (κ2) is 12.7. The van der Waals surface area contributed by atoms with E-state index in [2.05, 4.69) is 72.6 Å². The van der Waals surface area contributed by atoms with Crippen LogP contribution in [0.4, 0.5) is 5.69 Å². The summed E-state index contributed by atoms with van der Waals surface area (Å²) in [6.07, 6.45) is 7.65. The second-order valence-corrected chi connectivity index (χ2v) is 7.70. The first kappa shape index (κ1) is 23.4. The SMILES string of the molecule is CCCCN(CCCC)CCCCNc1c2ccccc2nc2ccccc12.Cl. The summed E-state index contributed by atoms with van der Waals surface area (Å²) in [6, 6.07) is 16.9. The summed E-state index contributed by atoms with van der Waals surface area (Å²) in [6.45, 7) is 9.30. The highest BCUT2D eigenvalue weighted by molar-refractivity contribution is 6.07. The number of aromatic nitrogens is 1. The topological polar surface area (TPSA) is 28.2 Å². The van der Waals surface area contributed by atoms with Crippen LogP contribution in [0.5, 0.6) is 0 Å². The third-order valence-corrected chi connectivity index (χ3v) is 5.45. The van der Waals surface area contributed by atoms with Gasteiger partial charge in [-0.3, -0.25) is 0 Å². The first-order valence-corrected chi connectivity index (χ1v) is 11.1. The van der Waals surface area contributed by atoms with Crippen molar-refractivity contribution in [1.29, 1.82) is 0 Å². The highest BCUT2D eigenvalue weighted by Gasteiger charge is 2.08. The van der Waals surface area contributed by atoms with Gasteiger partial charge in [-0.05, 0) is 57.5 Å². The first-order valence-electron chi connectivity index (χ1n) is 11.1. The molecule has 0 atom stereocenters. The van der Waals surface area contributed by atoms with Crippen LogP contribution in [0.25, 0.3) is 21.8 Å². The lowest BCUT2D eigenvalue weighted by molar-refractivity contribution is 0.261. The van der Waals surface area contributed by atoms with Crippen LogP contribution in [0.2, 0.25) is 0 Å². The Balaban J connectivity index is 0.00000300. The van der Waals surface area contributed by atoms with Crippen molar-refractivity contribution in [3.8, 4) is 0 Å². The summed E-state index contributed by atoms with van der Waals surface area (Å²) in [4.78, 5) is 7.47. The van der Waals surface area contributed by atoms with Gasteiger partial charge in [0.2, 0.25) is 0 Å². The molecule has 0 saturated carbocycles. The van der Waals surface area contributed by atoms with Crippen molar-refractivity contribution in [2.24, 2.45) is 0 Å². The lowest BCUT2D eigenvalue weighted by Crippen LogP contribution is -2.27. The third-order valence-electron chi connectivity index (χ3n) is 5.45. The van der Waals surface area contributed by atoms with Gasteiger partial charge in [-0.2, -0.15) is 0 Å². The Kier molecular flexibility index (Phi) is 10.2. The molecule has 1 heterocycles. The van der Waals surface area contributed by atoms with Gasteiger partial charge in [0.05, 0.1) is 16.7 Å². The maximum Gasteiger partial charge on any atom is 0.0730 e. The Morgan fingerprint density at radius 3 is 1.79 bits per heavy atom. The maximum absolute atomic E-state index is 4.82. The van der Waals surface area contributed by atoms with E-state index >= 15 is 0 Å². The number of hydrogen-bond donors (Lipinski definition) is 1. The molecule has 4 heteroatoms. The minimum Gasteiger partial charge on any atom is -0.384 e. The van der Waals surface area contributed by atoms with E-state index in [1.54, 1.807) is 0 Å². The van der Waals surface area contributed by atoms with Gasteiger partial charge >= 0.3 is 0 Å². The van der Waals surface area contributed by atoms with E-state index in [1.165, 1.54) is 74.6 Å². The molecular weight excluding hydrogens is 378 g/mol. The van der Waals surface area contributed by atoms with E-state index < -0.39 is 0 Å². The number of nitrogens with zero attached hydrogens (tertiary/aromatic N) is 2. The Bertz CT molecular complexity index is 803. The van der Waals surface area contributed by atoms with Crippen LogP contribution in [0, 0.1) is 0 Å². The molecule has 3 aromatic rings. The van der Waals surface area contributed by atoms with Crippen molar-refractivity contribution in [2.75, 3.05) is 31.5 Å².